The molecular formula is C13H24N2O2. The second-order valence-electron chi connectivity index (χ2n) is 6.53. The van der Waals surface area contributed by atoms with Crippen molar-refractivity contribution < 1.29 is 9.53 Å². The van der Waals surface area contributed by atoms with E-state index in [-0.39, 0.29) is 11.3 Å². The fourth-order valence-corrected chi connectivity index (χ4v) is 3.28. The van der Waals surface area contributed by atoms with Gasteiger partial charge in [-0.25, -0.2) is 0 Å². The lowest BCUT2D eigenvalue weighted by Gasteiger charge is -2.61. The Balaban J connectivity index is 2.08. The van der Waals surface area contributed by atoms with Gasteiger partial charge in [0.25, 0.3) is 0 Å². The molecule has 0 radical (unpaired) electrons. The number of hydrogen-bond donors (Lipinski definition) is 2. The van der Waals surface area contributed by atoms with Gasteiger partial charge in [-0.2, -0.15) is 0 Å². The Kier molecular flexibility index (Phi) is 2.99. The van der Waals surface area contributed by atoms with E-state index in [4.69, 9.17) is 10.5 Å². The summed E-state index contributed by atoms with van der Waals surface area (Å²) in [6, 6.07) is 0.315. The molecular weight excluding hydrogens is 216 g/mol. The lowest BCUT2D eigenvalue weighted by atomic mass is 9.55. The Morgan fingerprint density at radius 3 is 2.71 bits per heavy atom. The number of ether oxygens (including phenoxy) is 1. The van der Waals surface area contributed by atoms with Gasteiger partial charge >= 0.3 is 0 Å². The second-order valence-corrected chi connectivity index (χ2v) is 6.53. The van der Waals surface area contributed by atoms with Gasteiger partial charge in [0, 0.05) is 24.0 Å². The molecule has 0 spiro atoms. The van der Waals surface area contributed by atoms with E-state index in [9.17, 15) is 4.79 Å². The van der Waals surface area contributed by atoms with Gasteiger partial charge in [0.2, 0.25) is 5.91 Å². The number of primary amides is 1. The molecule has 1 saturated carbocycles. The Bertz CT molecular complexity index is 325. The maximum atomic E-state index is 11.4. The molecule has 98 valence electrons. The van der Waals surface area contributed by atoms with Crippen molar-refractivity contribution >= 4 is 5.91 Å². The standard InChI is InChI=1S/C13H24N2O2/c1-12(2)9(15-13(3,4)11(14)16)8-6-5-7-17-10(8)12/h8-10,15H,5-7H2,1-4H3,(H2,14,16). The Morgan fingerprint density at radius 2 is 2.12 bits per heavy atom. The maximum absolute atomic E-state index is 11.4. The summed E-state index contributed by atoms with van der Waals surface area (Å²) in [7, 11) is 0. The van der Waals surface area contributed by atoms with Crippen molar-refractivity contribution in [1.29, 1.82) is 0 Å². The van der Waals surface area contributed by atoms with Crippen molar-refractivity contribution in [2.75, 3.05) is 6.61 Å². The molecule has 4 heteroatoms. The van der Waals surface area contributed by atoms with Crippen molar-refractivity contribution in [3.05, 3.63) is 0 Å². The van der Waals surface area contributed by atoms with Crippen LogP contribution in [0.25, 0.3) is 0 Å². The predicted octanol–water partition coefficient (Wildman–Crippen LogP) is 1.04. The van der Waals surface area contributed by atoms with Crippen LogP contribution in [0.3, 0.4) is 0 Å². The highest BCUT2D eigenvalue weighted by atomic mass is 16.5. The molecule has 3 unspecified atom stereocenters. The van der Waals surface area contributed by atoms with E-state index in [0.29, 0.717) is 18.1 Å². The SMILES string of the molecule is CC(C)(NC1C2CCCOC2C1(C)C)C(N)=O. The summed E-state index contributed by atoms with van der Waals surface area (Å²) in [6.07, 6.45) is 2.63. The first kappa shape index (κ1) is 12.8. The van der Waals surface area contributed by atoms with Gasteiger partial charge in [0.05, 0.1) is 11.6 Å². The largest absolute Gasteiger partial charge is 0.377 e. The van der Waals surface area contributed by atoms with Gasteiger partial charge in [-0.05, 0) is 26.7 Å². The summed E-state index contributed by atoms with van der Waals surface area (Å²) in [5.74, 6) is 0.228. The van der Waals surface area contributed by atoms with Gasteiger partial charge in [0.1, 0.15) is 0 Å². The lowest BCUT2D eigenvalue weighted by Crippen LogP contribution is -2.73. The number of rotatable bonds is 3. The summed E-state index contributed by atoms with van der Waals surface area (Å²) in [5.41, 5.74) is 4.85. The zero-order valence-electron chi connectivity index (χ0n) is 11.2. The molecule has 3 N–H and O–H groups in total. The number of hydrogen-bond acceptors (Lipinski definition) is 3. The first-order valence-electron chi connectivity index (χ1n) is 6.46. The molecule has 3 atom stereocenters. The Labute approximate surface area is 103 Å². The topological polar surface area (TPSA) is 64.3 Å². The van der Waals surface area contributed by atoms with Gasteiger partial charge in [-0.3, -0.25) is 10.1 Å². The second kappa shape index (κ2) is 3.95. The summed E-state index contributed by atoms with van der Waals surface area (Å²) < 4.78 is 5.84. The minimum atomic E-state index is -0.648. The maximum Gasteiger partial charge on any atom is 0.237 e. The van der Waals surface area contributed by atoms with Gasteiger partial charge in [-0.1, -0.05) is 13.8 Å². The van der Waals surface area contributed by atoms with E-state index in [1.807, 2.05) is 13.8 Å². The molecule has 1 aliphatic carbocycles. The number of carbonyl (C=O) groups is 1. The molecule has 0 aromatic heterocycles. The van der Waals surface area contributed by atoms with Crippen molar-refractivity contribution in [2.45, 2.75) is 58.2 Å². The molecule has 2 fully saturated rings. The molecule has 0 bridgehead atoms. The van der Waals surface area contributed by atoms with Crippen molar-refractivity contribution in [1.82, 2.24) is 5.32 Å². The minimum absolute atomic E-state index is 0.0812. The third-order valence-corrected chi connectivity index (χ3v) is 4.46. The lowest BCUT2D eigenvalue weighted by molar-refractivity contribution is -0.197. The fourth-order valence-electron chi connectivity index (χ4n) is 3.28. The van der Waals surface area contributed by atoms with E-state index in [0.717, 1.165) is 13.0 Å². The van der Waals surface area contributed by atoms with E-state index < -0.39 is 5.54 Å². The van der Waals surface area contributed by atoms with E-state index in [1.165, 1.54) is 6.42 Å². The monoisotopic (exact) mass is 240 g/mol. The molecule has 1 saturated heterocycles. The number of amides is 1. The number of nitrogens with one attached hydrogen (secondary N) is 1. The first-order chi connectivity index (χ1) is 7.77. The van der Waals surface area contributed by atoms with Crippen LogP contribution >= 0.6 is 0 Å². The van der Waals surface area contributed by atoms with E-state index >= 15 is 0 Å². The molecule has 0 aromatic carbocycles. The molecule has 1 heterocycles. The van der Waals surface area contributed by atoms with Crippen LogP contribution in [0.2, 0.25) is 0 Å². The van der Waals surface area contributed by atoms with Crippen LogP contribution in [0.15, 0.2) is 0 Å². The summed E-state index contributed by atoms with van der Waals surface area (Å²) >= 11 is 0. The van der Waals surface area contributed by atoms with Crippen LogP contribution in [0.1, 0.15) is 40.5 Å². The quantitative estimate of drug-likeness (QED) is 0.775. The van der Waals surface area contributed by atoms with Crippen LogP contribution in [0.5, 0.6) is 0 Å². The molecule has 1 amide bonds. The van der Waals surface area contributed by atoms with Gasteiger partial charge < -0.3 is 10.5 Å². The highest BCUT2D eigenvalue weighted by molar-refractivity contribution is 5.83. The molecule has 2 rings (SSSR count). The highest BCUT2D eigenvalue weighted by Gasteiger charge is 2.59. The molecule has 0 aromatic rings. The van der Waals surface area contributed by atoms with Crippen LogP contribution in [0.4, 0.5) is 0 Å². The van der Waals surface area contributed by atoms with Crippen molar-refractivity contribution in [2.24, 2.45) is 17.1 Å². The highest BCUT2D eigenvalue weighted by Crippen LogP contribution is 2.51. The fraction of sp³-hybridized carbons (Fsp3) is 0.923. The average Bonchev–Trinajstić information content (AvgIpc) is 2.26. The zero-order chi connectivity index (χ0) is 12.8. The molecule has 17 heavy (non-hydrogen) atoms. The predicted molar refractivity (Wildman–Crippen MR) is 66.4 cm³/mol. The summed E-state index contributed by atoms with van der Waals surface area (Å²) in [5, 5.41) is 3.43. The van der Waals surface area contributed by atoms with Crippen molar-refractivity contribution in [3.63, 3.8) is 0 Å². The third kappa shape index (κ3) is 1.97. The number of fused-ring (bicyclic) bond motifs is 1. The smallest absolute Gasteiger partial charge is 0.237 e. The van der Waals surface area contributed by atoms with Crippen LogP contribution < -0.4 is 11.1 Å². The Morgan fingerprint density at radius 1 is 1.47 bits per heavy atom. The molecule has 1 aliphatic heterocycles. The molecule has 2 aliphatic rings. The van der Waals surface area contributed by atoms with Crippen LogP contribution in [-0.4, -0.2) is 30.2 Å². The van der Waals surface area contributed by atoms with Crippen molar-refractivity contribution in [3.8, 4) is 0 Å². The number of nitrogens with two attached hydrogens (primary N) is 1. The number of carbonyl (C=O) groups excluding carboxylic acids is 1. The van der Waals surface area contributed by atoms with Gasteiger partial charge in [-0.15, -0.1) is 0 Å². The first-order valence-corrected chi connectivity index (χ1v) is 6.46. The van der Waals surface area contributed by atoms with E-state index in [2.05, 4.69) is 19.2 Å². The normalized spacial score (nSPS) is 35.9. The minimum Gasteiger partial charge on any atom is -0.377 e. The molecule has 4 nitrogen and oxygen atoms in total. The average molecular weight is 240 g/mol. The zero-order valence-corrected chi connectivity index (χ0v) is 11.2. The van der Waals surface area contributed by atoms with E-state index in [1.54, 1.807) is 0 Å². The van der Waals surface area contributed by atoms with Crippen LogP contribution in [0, 0.1) is 11.3 Å². The van der Waals surface area contributed by atoms with Crippen LogP contribution in [-0.2, 0) is 9.53 Å². The summed E-state index contributed by atoms with van der Waals surface area (Å²) in [6.45, 7) is 8.98. The van der Waals surface area contributed by atoms with Gasteiger partial charge in [0.15, 0.2) is 0 Å². The Hall–Kier alpha value is -0.610. The third-order valence-electron chi connectivity index (χ3n) is 4.46. The summed E-state index contributed by atoms with van der Waals surface area (Å²) in [4.78, 5) is 11.4.